The monoisotopic (exact) mass is 390 g/mol. The predicted molar refractivity (Wildman–Crippen MR) is 101 cm³/mol. The lowest BCUT2D eigenvalue weighted by molar-refractivity contribution is 0.102. The highest BCUT2D eigenvalue weighted by Gasteiger charge is 2.30. The van der Waals surface area contributed by atoms with E-state index in [1.807, 2.05) is 0 Å². The summed E-state index contributed by atoms with van der Waals surface area (Å²) in [6.07, 6.45) is 7.50. The molecule has 2 aromatic rings. The average molecular weight is 390 g/mol. The lowest BCUT2D eigenvalue weighted by Gasteiger charge is -2.10. The lowest BCUT2D eigenvalue weighted by Crippen LogP contribution is -2.36. The molecule has 0 saturated heterocycles. The Kier molecular flexibility index (Phi) is 4.90. The first-order chi connectivity index (χ1) is 13.0. The summed E-state index contributed by atoms with van der Waals surface area (Å²) in [5.41, 5.74) is 4.51. The predicted octanol–water partition coefficient (Wildman–Crippen LogP) is 1.28. The molecule has 2 aromatic heterocycles. The molecule has 2 heterocycles. The molecule has 0 bridgehead atoms. The van der Waals surface area contributed by atoms with Gasteiger partial charge in [0.1, 0.15) is 17.2 Å². The minimum atomic E-state index is -0.739. The smallest absolute Gasteiger partial charge is 0.330 e. The highest BCUT2D eigenvalue weighted by atomic mass is 32.2. The van der Waals surface area contributed by atoms with Gasteiger partial charge in [-0.25, -0.2) is 9.78 Å². The number of nitrogen functional groups attached to an aromatic ring is 1. The van der Waals surface area contributed by atoms with E-state index >= 15 is 0 Å². The molecular formula is C17H22N6O3S. The largest absolute Gasteiger partial charge is 0.384 e. The molecule has 2 fully saturated rings. The summed E-state index contributed by atoms with van der Waals surface area (Å²) in [5.74, 6) is 0.983. The Hall–Kier alpha value is -2.36. The number of Topliss-reactive ketones (excluding diaryl/α,β-unsaturated/α-hetero) is 1. The van der Waals surface area contributed by atoms with Crippen LogP contribution in [-0.4, -0.2) is 36.3 Å². The Morgan fingerprint density at radius 3 is 2.67 bits per heavy atom. The van der Waals surface area contributed by atoms with Crippen LogP contribution < -0.4 is 17.0 Å². The van der Waals surface area contributed by atoms with E-state index in [1.54, 1.807) is 0 Å². The average Bonchev–Trinajstić information content (AvgIpc) is 3.13. The van der Waals surface area contributed by atoms with Gasteiger partial charge < -0.3 is 5.73 Å². The first-order valence-corrected chi connectivity index (χ1v) is 10.2. The summed E-state index contributed by atoms with van der Waals surface area (Å²) in [6, 6.07) is -0.0281. The number of hydrogen-bond acceptors (Lipinski definition) is 7. The SMILES string of the molecule is Nc1c(C(=O)CSc2n[nH]c(CC3CCCC3)n2)c(=O)[nH]c(=O)n1C1CC1. The molecular weight excluding hydrogens is 368 g/mol. The Bertz CT molecular complexity index is 968. The van der Waals surface area contributed by atoms with E-state index in [2.05, 4.69) is 20.2 Å². The van der Waals surface area contributed by atoms with Crippen molar-refractivity contribution in [3.8, 4) is 0 Å². The summed E-state index contributed by atoms with van der Waals surface area (Å²) in [6.45, 7) is 0. The molecule has 2 aliphatic rings. The molecule has 0 aromatic carbocycles. The third-order valence-corrected chi connectivity index (χ3v) is 6.02. The summed E-state index contributed by atoms with van der Waals surface area (Å²) in [4.78, 5) is 43.2. The number of nitrogens with two attached hydrogens (primary N) is 1. The summed E-state index contributed by atoms with van der Waals surface area (Å²) in [5, 5.41) is 7.54. The van der Waals surface area contributed by atoms with Gasteiger partial charge >= 0.3 is 5.69 Å². The van der Waals surface area contributed by atoms with Crippen LogP contribution in [0.25, 0.3) is 0 Å². The van der Waals surface area contributed by atoms with Gasteiger partial charge in [-0.1, -0.05) is 37.4 Å². The topological polar surface area (TPSA) is 140 Å². The number of rotatable bonds is 7. The van der Waals surface area contributed by atoms with Crippen molar-refractivity contribution >= 4 is 23.4 Å². The van der Waals surface area contributed by atoms with E-state index < -0.39 is 17.0 Å². The van der Waals surface area contributed by atoms with Gasteiger partial charge in [-0.05, 0) is 18.8 Å². The van der Waals surface area contributed by atoms with Crippen LogP contribution in [0.3, 0.4) is 0 Å². The van der Waals surface area contributed by atoms with Crippen LogP contribution in [0.5, 0.6) is 0 Å². The number of carbonyl (C=O) groups is 1. The van der Waals surface area contributed by atoms with Gasteiger partial charge in [-0.15, -0.1) is 5.10 Å². The molecule has 4 rings (SSSR count). The standard InChI is InChI=1S/C17H22N6O3S/c18-14-13(15(25)20-17(26)23(14)10-5-6-10)11(24)8-27-16-19-12(21-22-16)7-9-3-1-2-4-9/h9-10H,1-8,18H2,(H,19,21,22)(H,20,25,26). The van der Waals surface area contributed by atoms with Crippen molar-refractivity contribution in [2.75, 3.05) is 11.5 Å². The number of ketones is 1. The number of nitrogens with zero attached hydrogens (tertiary/aromatic N) is 3. The maximum atomic E-state index is 12.5. The number of hydrogen-bond donors (Lipinski definition) is 3. The van der Waals surface area contributed by atoms with Crippen LogP contribution >= 0.6 is 11.8 Å². The van der Waals surface area contributed by atoms with Gasteiger partial charge in [0.25, 0.3) is 5.56 Å². The van der Waals surface area contributed by atoms with E-state index in [1.165, 1.54) is 30.3 Å². The Morgan fingerprint density at radius 1 is 1.22 bits per heavy atom. The van der Waals surface area contributed by atoms with Gasteiger partial charge in [0.05, 0.1) is 5.75 Å². The van der Waals surface area contributed by atoms with Gasteiger partial charge in [0, 0.05) is 12.5 Å². The van der Waals surface area contributed by atoms with Crippen molar-refractivity contribution in [2.45, 2.75) is 56.1 Å². The molecule has 10 heteroatoms. The zero-order valence-electron chi connectivity index (χ0n) is 14.9. The van der Waals surface area contributed by atoms with Crippen molar-refractivity contribution < 1.29 is 4.79 Å². The van der Waals surface area contributed by atoms with Gasteiger partial charge in [0.15, 0.2) is 5.78 Å². The van der Waals surface area contributed by atoms with Gasteiger partial charge in [-0.3, -0.25) is 24.2 Å². The van der Waals surface area contributed by atoms with Crippen molar-refractivity contribution in [2.24, 2.45) is 5.92 Å². The first kappa shape index (κ1) is 18.0. The van der Waals surface area contributed by atoms with Crippen LogP contribution in [-0.2, 0) is 6.42 Å². The van der Waals surface area contributed by atoms with E-state index in [-0.39, 0.29) is 23.2 Å². The third kappa shape index (κ3) is 3.85. The molecule has 27 heavy (non-hydrogen) atoms. The second-order valence-electron chi connectivity index (χ2n) is 7.25. The van der Waals surface area contributed by atoms with Crippen LogP contribution in [0, 0.1) is 5.92 Å². The molecule has 9 nitrogen and oxygen atoms in total. The minimum absolute atomic E-state index is 0.0170. The zero-order valence-corrected chi connectivity index (χ0v) is 15.7. The zero-order chi connectivity index (χ0) is 19.0. The molecule has 0 atom stereocenters. The van der Waals surface area contributed by atoms with Crippen LogP contribution in [0.15, 0.2) is 14.7 Å². The molecule has 0 aliphatic heterocycles. The normalized spacial score (nSPS) is 17.5. The molecule has 0 unspecified atom stereocenters. The fourth-order valence-corrected chi connectivity index (χ4v) is 4.34. The number of aromatic amines is 2. The van der Waals surface area contributed by atoms with E-state index in [9.17, 15) is 14.4 Å². The van der Waals surface area contributed by atoms with E-state index in [0.29, 0.717) is 11.1 Å². The molecule has 144 valence electrons. The Morgan fingerprint density at radius 2 is 1.96 bits per heavy atom. The lowest BCUT2D eigenvalue weighted by atomic mass is 10.0. The quantitative estimate of drug-likeness (QED) is 0.478. The molecule has 4 N–H and O–H groups in total. The van der Waals surface area contributed by atoms with Crippen LogP contribution in [0.2, 0.25) is 0 Å². The van der Waals surface area contributed by atoms with Crippen molar-refractivity contribution in [3.05, 3.63) is 32.2 Å². The van der Waals surface area contributed by atoms with Crippen molar-refractivity contribution in [1.82, 2.24) is 24.7 Å². The highest BCUT2D eigenvalue weighted by Crippen LogP contribution is 2.35. The first-order valence-electron chi connectivity index (χ1n) is 9.24. The van der Waals surface area contributed by atoms with Crippen molar-refractivity contribution in [3.63, 3.8) is 0 Å². The minimum Gasteiger partial charge on any atom is -0.384 e. The molecule has 0 amide bonds. The Labute approximate surface area is 159 Å². The third-order valence-electron chi connectivity index (χ3n) is 5.17. The van der Waals surface area contributed by atoms with Crippen molar-refractivity contribution in [1.29, 1.82) is 0 Å². The number of carbonyl (C=O) groups excluding carboxylic acids is 1. The fraction of sp³-hybridized carbons (Fsp3) is 0.588. The number of anilines is 1. The maximum absolute atomic E-state index is 12.5. The maximum Gasteiger partial charge on any atom is 0.330 e. The molecule has 2 aliphatic carbocycles. The molecule has 0 spiro atoms. The highest BCUT2D eigenvalue weighted by molar-refractivity contribution is 7.99. The fourth-order valence-electron chi connectivity index (χ4n) is 3.65. The van der Waals surface area contributed by atoms with Gasteiger partial charge in [0.2, 0.25) is 5.16 Å². The molecule has 2 saturated carbocycles. The number of aromatic nitrogens is 5. The van der Waals surface area contributed by atoms with Crippen LogP contribution in [0.1, 0.15) is 60.7 Å². The van der Waals surface area contributed by atoms with E-state index in [4.69, 9.17) is 5.73 Å². The number of thioether (sulfide) groups is 1. The second kappa shape index (κ2) is 7.34. The molecule has 0 radical (unpaired) electrons. The second-order valence-corrected chi connectivity index (χ2v) is 8.19. The van der Waals surface area contributed by atoms with Crippen LogP contribution in [0.4, 0.5) is 5.82 Å². The number of nitrogens with one attached hydrogen (secondary N) is 2. The van der Waals surface area contributed by atoms with E-state index in [0.717, 1.165) is 36.8 Å². The summed E-state index contributed by atoms with van der Waals surface area (Å²) < 4.78 is 1.31. The number of H-pyrrole nitrogens is 2. The summed E-state index contributed by atoms with van der Waals surface area (Å²) in [7, 11) is 0. The Balaban J connectivity index is 1.44. The van der Waals surface area contributed by atoms with Gasteiger partial charge in [-0.2, -0.15) is 0 Å². The summed E-state index contributed by atoms with van der Waals surface area (Å²) >= 11 is 1.15.